The van der Waals surface area contributed by atoms with E-state index in [1.807, 2.05) is 13.8 Å². The molecule has 2 amide bonds. The fourth-order valence-corrected chi connectivity index (χ4v) is 2.51. The van der Waals surface area contributed by atoms with Crippen molar-refractivity contribution < 1.29 is 9.59 Å². The average molecular weight is 284 g/mol. The highest BCUT2D eigenvalue weighted by molar-refractivity contribution is 5.81. The predicted octanol–water partition coefficient (Wildman–Crippen LogP) is 2.99. The Bertz CT molecular complexity index is 357. The molecule has 0 aliphatic heterocycles. The molecular formula is C16H32N2O2. The van der Waals surface area contributed by atoms with Crippen molar-refractivity contribution in [2.75, 3.05) is 0 Å². The summed E-state index contributed by atoms with van der Waals surface area (Å²) in [6.07, 6.45) is 4.30. The minimum atomic E-state index is -0.566. The van der Waals surface area contributed by atoms with Crippen molar-refractivity contribution in [3.05, 3.63) is 0 Å². The van der Waals surface area contributed by atoms with Crippen LogP contribution in [0.2, 0.25) is 0 Å². The molecule has 0 spiro atoms. The number of rotatable bonds is 9. The van der Waals surface area contributed by atoms with Gasteiger partial charge in [-0.3, -0.25) is 9.59 Å². The second-order valence-corrected chi connectivity index (χ2v) is 7.53. The first kappa shape index (κ1) is 18.9. The molecule has 0 fully saturated rings. The van der Waals surface area contributed by atoms with Crippen LogP contribution in [-0.2, 0) is 9.59 Å². The van der Waals surface area contributed by atoms with Gasteiger partial charge in [-0.15, -0.1) is 0 Å². The van der Waals surface area contributed by atoms with Gasteiger partial charge in [0.1, 0.15) is 0 Å². The molecule has 0 aromatic rings. The molecule has 0 aromatic heterocycles. The number of hydrogen-bond acceptors (Lipinski definition) is 2. The molecule has 0 aliphatic rings. The fraction of sp³-hybridized carbons (Fsp3) is 0.875. The molecule has 20 heavy (non-hydrogen) atoms. The molecule has 0 bridgehead atoms. The quantitative estimate of drug-likeness (QED) is 0.638. The SMILES string of the molecule is CC(C)(CCCCCC(N)=O)C(C)(C)C(C)(C)C(N)=O. The lowest BCUT2D eigenvalue weighted by atomic mass is 9.53. The molecule has 4 N–H and O–H groups in total. The third-order valence-electron chi connectivity index (χ3n) is 5.60. The Balaban J connectivity index is 4.62. The Labute approximate surface area is 123 Å². The van der Waals surface area contributed by atoms with Gasteiger partial charge < -0.3 is 11.5 Å². The topological polar surface area (TPSA) is 86.2 Å². The summed E-state index contributed by atoms with van der Waals surface area (Å²) in [7, 11) is 0. The lowest BCUT2D eigenvalue weighted by Crippen LogP contribution is -2.51. The molecular weight excluding hydrogens is 252 g/mol. The Hall–Kier alpha value is -1.06. The van der Waals surface area contributed by atoms with E-state index in [9.17, 15) is 9.59 Å². The van der Waals surface area contributed by atoms with E-state index in [0.29, 0.717) is 6.42 Å². The molecule has 4 nitrogen and oxygen atoms in total. The number of amides is 2. The van der Waals surface area contributed by atoms with Crippen LogP contribution >= 0.6 is 0 Å². The molecule has 0 saturated carbocycles. The first-order valence-electron chi connectivity index (χ1n) is 7.44. The van der Waals surface area contributed by atoms with E-state index in [4.69, 9.17) is 11.5 Å². The number of hydrogen-bond donors (Lipinski definition) is 2. The van der Waals surface area contributed by atoms with Crippen molar-refractivity contribution in [2.24, 2.45) is 27.7 Å². The number of unbranched alkanes of at least 4 members (excludes halogenated alkanes) is 2. The average Bonchev–Trinajstić information content (AvgIpc) is 2.27. The van der Waals surface area contributed by atoms with Crippen LogP contribution in [0.15, 0.2) is 0 Å². The zero-order valence-corrected chi connectivity index (χ0v) is 14.0. The Morgan fingerprint density at radius 1 is 0.850 bits per heavy atom. The smallest absolute Gasteiger partial charge is 0.223 e. The van der Waals surface area contributed by atoms with Crippen molar-refractivity contribution in [1.82, 2.24) is 0 Å². The van der Waals surface area contributed by atoms with Gasteiger partial charge in [0.2, 0.25) is 11.8 Å². The van der Waals surface area contributed by atoms with Gasteiger partial charge >= 0.3 is 0 Å². The normalized spacial score (nSPS) is 13.3. The van der Waals surface area contributed by atoms with E-state index >= 15 is 0 Å². The fourth-order valence-electron chi connectivity index (χ4n) is 2.51. The highest BCUT2D eigenvalue weighted by atomic mass is 16.1. The molecule has 0 heterocycles. The summed E-state index contributed by atoms with van der Waals surface area (Å²) in [5.74, 6) is -0.497. The third-order valence-corrected chi connectivity index (χ3v) is 5.60. The summed E-state index contributed by atoms with van der Waals surface area (Å²) >= 11 is 0. The first-order valence-corrected chi connectivity index (χ1v) is 7.44. The lowest BCUT2D eigenvalue weighted by molar-refractivity contribution is -0.139. The minimum absolute atomic E-state index is 0.0156. The third kappa shape index (κ3) is 4.22. The Morgan fingerprint density at radius 2 is 1.35 bits per heavy atom. The summed E-state index contributed by atoms with van der Waals surface area (Å²) in [5.41, 5.74) is 9.91. The van der Waals surface area contributed by atoms with Gasteiger partial charge in [-0.2, -0.15) is 0 Å². The van der Waals surface area contributed by atoms with Crippen LogP contribution in [0.1, 0.15) is 73.6 Å². The predicted molar refractivity (Wildman–Crippen MR) is 82.8 cm³/mol. The first-order chi connectivity index (χ1) is 8.86. The van der Waals surface area contributed by atoms with Gasteiger partial charge in [0, 0.05) is 11.8 Å². The Kier molecular flexibility index (Phi) is 6.25. The molecule has 0 aromatic carbocycles. The molecule has 4 heteroatoms. The highest BCUT2D eigenvalue weighted by Gasteiger charge is 2.50. The molecule has 0 saturated heterocycles. The van der Waals surface area contributed by atoms with Gasteiger partial charge in [0.15, 0.2) is 0 Å². The standard InChI is InChI=1S/C16H32N2O2/c1-14(2,11-9-7-8-10-12(17)19)16(5,6)15(3,4)13(18)20/h7-11H2,1-6H3,(H2,17,19)(H2,18,20). The van der Waals surface area contributed by atoms with Crippen LogP contribution in [0.5, 0.6) is 0 Å². The van der Waals surface area contributed by atoms with Crippen molar-refractivity contribution >= 4 is 11.8 Å². The summed E-state index contributed by atoms with van der Waals surface area (Å²) in [6.45, 7) is 12.4. The zero-order valence-electron chi connectivity index (χ0n) is 14.0. The van der Waals surface area contributed by atoms with E-state index in [-0.39, 0.29) is 22.6 Å². The van der Waals surface area contributed by atoms with Crippen molar-refractivity contribution in [3.8, 4) is 0 Å². The number of carbonyl (C=O) groups excluding carboxylic acids is 2. The van der Waals surface area contributed by atoms with E-state index in [2.05, 4.69) is 27.7 Å². The molecule has 0 rings (SSSR count). The van der Waals surface area contributed by atoms with Gasteiger partial charge in [0.05, 0.1) is 0 Å². The van der Waals surface area contributed by atoms with E-state index in [0.717, 1.165) is 25.7 Å². The highest BCUT2D eigenvalue weighted by Crippen LogP contribution is 2.53. The maximum absolute atomic E-state index is 11.7. The van der Waals surface area contributed by atoms with Crippen LogP contribution in [0.4, 0.5) is 0 Å². The second-order valence-electron chi connectivity index (χ2n) is 7.53. The zero-order chi connectivity index (χ0) is 16.2. The van der Waals surface area contributed by atoms with Crippen LogP contribution < -0.4 is 11.5 Å². The van der Waals surface area contributed by atoms with Gasteiger partial charge in [0.25, 0.3) is 0 Å². The van der Waals surface area contributed by atoms with Crippen molar-refractivity contribution in [2.45, 2.75) is 73.6 Å². The van der Waals surface area contributed by atoms with Gasteiger partial charge in [-0.25, -0.2) is 0 Å². The maximum Gasteiger partial charge on any atom is 0.223 e. The summed E-state index contributed by atoms with van der Waals surface area (Å²) in [6, 6.07) is 0. The van der Waals surface area contributed by atoms with Crippen LogP contribution in [0.25, 0.3) is 0 Å². The van der Waals surface area contributed by atoms with Crippen molar-refractivity contribution in [1.29, 1.82) is 0 Å². The Morgan fingerprint density at radius 3 is 1.75 bits per heavy atom. The van der Waals surface area contributed by atoms with Crippen molar-refractivity contribution in [3.63, 3.8) is 0 Å². The van der Waals surface area contributed by atoms with Gasteiger partial charge in [-0.05, 0) is 23.7 Å². The number of primary amides is 2. The number of carbonyl (C=O) groups is 2. The van der Waals surface area contributed by atoms with Crippen LogP contribution in [-0.4, -0.2) is 11.8 Å². The largest absolute Gasteiger partial charge is 0.370 e. The summed E-state index contributed by atoms with van der Waals surface area (Å²) in [5, 5.41) is 0. The maximum atomic E-state index is 11.7. The van der Waals surface area contributed by atoms with E-state index < -0.39 is 5.41 Å². The van der Waals surface area contributed by atoms with E-state index in [1.54, 1.807) is 0 Å². The minimum Gasteiger partial charge on any atom is -0.370 e. The molecule has 0 aliphatic carbocycles. The summed E-state index contributed by atoms with van der Waals surface area (Å²) < 4.78 is 0. The molecule has 0 atom stereocenters. The lowest BCUT2D eigenvalue weighted by Gasteiger charge is -2.50. The van der Waals surface area contributed by atoms with Crippen LogP contribution in [0.3, 0.4) is 0 Å². The van der Waals surface area contributed by atoms with Gasteiger partial charge in [-0.1, -0.05) is 54.4 Å². The molecule has 0 radical (unpaired) electrons. The summed E-state index contributed by atoms with van der Waals surface area (Å²) in [4.78, 5) is 22.4. The number of nitrogens with two attached hydrogens (primary N) is 2. The molecule has 0 unspecified atom stereocenters. The van der Waals surface area contributed by atoms with Crippen LogP contribution in [0, 0.1) is 16.2 Å². The monoisotopic (exact) mass is 284 g/mol. The second kappa shape index (κ2) is 6.59. The van der Waals surface area contributed by atoms with E-state index in [1.165, 1.54) is 0 Å². The molecule has 118 valence electrons.